The zero-order valence-electron chi connectivity index (χ0n) is 14.0. The minimum atomic E-state index is 0.616. The predicted octanol–water partition coefficient (Wildman–Crippen LogP) is 4.81. The van der Waals surface area contributed by atoms with Gasteiger partial charge in [-0.3, -0.25) is 4.98 Å². The Morgan fingerprint density at radius 2 is 1.54 bits per heavy atom. The molecule has 5 nitrogen and oxygen atoms in total. The second kappa shape index (κ2) is 5.74. The summed E-state index contributed by atoms with van der Waals surface area (Å²) >= 11 is 0. The van der Waals surface area contributed by atoms with E-state index in [1.54, 1.807) is 12.4 Å². The van der Waals surface area contributed by atoms with E-state index < -0.39 is 0 Å². The first-order chi connectivity index (χ1) is 12.8. The minimum absolute atomic E-state index is 0.616. The molecule has 0 amide bonds. The highest BCUT2D eigenvalue weighted by Crippen LogP contribution is 2.31. The highest BCUT2D eigenvalue weighted by atomic mass is 16.3. The van der Waals surface area contributed by atoms with Gasteiger partial charge < -0.3 is 4.42 Å². The molecule has 0 saturated heterocycles. The molecule has 0 spiro atoms. The van der Waals surface area contributed by atoms with E-state index in [9.17, 15) is 0 Å². The van der Waals surface area contributed by atoms with Crippen LogP contribution < -0.4 is 0 Å². The molecule has 0 aliphatic rings. The van der Waals surface area contributed by atoms with Gasteiger partial charge in [0.15, 0.2) is 11.6 Å². The zero-order valence-corrected chi connectivity index (χ0v) is 14.0. The third-order valence-corrected chi connectivity index (χ3v) is 4.30. The number of benzene rings is 2. The minimum Gasteiger partial charge on any atom is -0.456 e. The fourth-order valence-corrected chi connectivity index (χ4v) is 3.10. The lowest BCUT2D eigenvalue weighted by atomic mass is 10.1. The number of nitrogens with zero attached hydrogens (tertiary/aromatic N) is 4. The molecule has 0 radical (unpaired) electrons. The number of fused-ring (bicyclic) bond motifs is 3. The van der Waals surface area contributed by atoms with Crippen molar-refractivity contribution in [3.63, 3.8) is 0 Å². The summed E-state index contributed by atoms with van der Waals surface area (Å²) < 4.78 is 5.98. The summed E-state index contributed by atoms with van der Waals surface area (Å²) in [6.45, 7) is 1.87. The molecule has 3 aromatic heterocycles. The molecule has 0 aliphatic heterocycles. The van der Waals surface area contributed by atoms with Crippen molar-refractivity contribution in [2.24, 2.45) is 0 Å². The van der Waals surface area contributed by atoms with E-state index in [1.807, 2.05) is 49.4 Å². The number of rotatable bonds is 2. The summed E-state index contributed by atoms with van der Waals surface area (Å²) in [6.07, 6.45) is 3.48. The average molecular weight is 338 g/mol. The summed E-state index contributed by atoms with van der Waals surface area (Å²) in [4.78, 5) is 17.7. The van der Waals surface area contributed by atoms with Crippen LogP contribution in [0.1, 0.15) is 5.82 Å². The number of hydrogen-bond acceptors (Lipinski definition) is 5. The Bertz CT molecular complexity index is 1250. The van der Waals surface area contributed by atoms with E-state index in [2.05, 4.69) is 32.1 Å². The first-order valence-corrected chi connectivity index (χ1v) is 8.33. The van der Waals surface area contributed by atoms with Crippen LogP contribution in [0.15, 0.2) is 71.4 Å². The molecule has 5 rings (SSSR count). The molecule has 3 heterocycles. The molecule has 0 atom stereocenters. The van der Waals surface area contributed by atoms with Crippen LogP contribution >= 0.6 is 0 Å². The Balaban J connectivity index is 1.67. The Morgan fingerprint density at radius 1 is 0.731 bits per heavy atom. The third kappa shape index (κ3) is 2.41. The average Bonchev–Trinajstić information content (AvgIpc) is 3.06. The molecule has 0 fully saturated rings. The van der Waals surface area contributed by atoms with Gasteiger partial charge in [-0.2, -0.15) is 0 Å². The van der Waals surface area contributed by atoms with Gasteiger partial charge in [-0.05, 0) is 37.3 Å². The molecular weight excluding hydrogens is 324 g/mol. The van der Waals surface area contributed by atoms with E-state index >= 15 is 0 Å². The van der Waals surface area contributed by atoms with Crippen molar-refractivity contribution in [2.45, 2.75) is 6.92 Å². The van der Waals surface area contributed by atoms with Crippen molar-refractivity contribution >= 4 is 21.9 Å². The van der Waals surface area contributed by atoms with Gasteiger partial charge in [0.25, 0.3) is 0 Å². The van der Waals surface area contributed by atoms with Gasteiger partial charge >= 0.3 is 0 Å². The molecule has 124 valence electrons. The summed E-state index contributed by atoms with van der Waals surface area (Å²) in [7, 11) is 0. The van der Waals surface area contributed by atoms with Crippen molar-refractivity contribution < 1.29 is 4.42 Å². The Hall–Kier alpha value is -3.60. The summed E-state index contributed by atoms with van der Waals surface area (Å²) in [6, 6.07) is 17.9. The number of hydrogen-bond donors (Lipinski definition) is 0. The van der Waals surface area contributed by atoms with Crippen molar-refractivity contribution in [3.05, 3.63) is 72.8 Å². The van der Waals surface area contributed by atoms with Crippen molar-refractivity contribution in [1.82, 2.24) is 19.9 Å². The standard InChI is InChI=1S/C21H14N4O/c1-13-23-20(25-21(24-13)15-5-4-10-22-12-15)14-8-9-17-16-6-2-3-7-18(16)26-19(17)11-14/h2-12H,1H3. The van der Waals surface area contributed by atoms with E-state index in [0.717, 1.165) is 33.1 Å². The van der Waals surface area contributed by atoms with Crippen LogP contribution in [-0.4, -0.2) is 19.9 Å². The SMILES string of the molecule is Cc1nc(-c2cccnc2)nc(-c2ccc3c(c2)oc2ccccc23)n1. The highest BCUT2D eigenvalue weighted by molar-refractivity contribution is 6.05. The first kappa shape index (κ1) is 14.7. The van der Waals surface area contributed by atoms with Gasteiger partial charge in [0, 0.05) is 34.3 Å². The van der Waals surface area contributed by atoms with Gasteiger partial charge in [-0.1, -0.05) is 24.3 Å². The normalized spacial score (nSPS) is 11.3. The second-order valence-corrected chi connectivity index (χ2v) is 6.08. The second-order valence-electron chi connectivity index (χ2n) is 6.08. The summed E-state index contributed by atoms with van der Waals surface area (Å²) in [5.41, 5.74) is 3.46. The van der Waals surface area contributed by atoms with Crippen LogP contribution in [0.3, 0.4) is 0 Å². The maximum Gasteiger partial charge on any atom is 0.165 e. The number of aryl methyl sites for hydroxylation is 1. The van der Waals surface area contributed by atoms with Gasteiger partial charge in [0.2, 0.25) is 0 Å². The quantitative estimate of drug-likeness (QED) is 0.462. The maximum atomic E-state index is 5.98. The number of furan rings is 1. The smallest absolute Gasteiger partial charge is 0.165 e. The molecule has 26 heavy (non-hydrogen) atoms. The number of pyridine rings is 1. The van der Waals surface area contributed by atoms with E-state index in [0.29, 0.717) is 17.5 Å². The van der Waals surface area contributed by atoms with Crippen molar-refractivity contribution in [2.75, 3.05) is 0 Å². The first-order valence-electron chi connectivity index (χ1n) is 8.33. The number of aromatic nitrogens is 4. The van der Waals surface area contributed by atoms with E-state index in [-0.39, 0.29) is 0 Å². The lowest BCUT2D eigenvalue weighted by molar-refractivity contribution is 0.669. The molecule has 2 aromatic carbocycles. The molecule has 0 saturated carbocycles. The van der Waals surface area contributed by atoms with Crippen LogP contribution in [0.25, 0.3) is 44.7 Å². The van der Waals surface area contributed by atoms with Crippen LogP contribution in [-0.2, 0) is 0 Å². The van der Waals surface area contributed by atoms with Crippen LogP contribution in [0.5, 0.6) is 0 Å². The topological polar surface area (TPSA) is 64.7 Å². The van der Waals surface area contributed by atoms with E-state index in [4.69, 9.17) is 4.42 Å². The Morgan fingerprint density at radius 3 is 2.38 bits per heavy atom. The van der Waals surface area contributed by atoms with Gasteiger partial charge in [0.05, 0.1) is 0 Å². The Kier molecular flexibility index (Phi) is 3.25. The molecule has 0 bridgehead atoms. The molecule has 0 N–H and O–H groups in total. The van der Waals surface area contributed by atoms with Crippen LogP contribution in [0.2, 0.25) is 0 Å². The van der Waals surface area contributed by atoms with Crippen molar-refractivity contribution in [1.29, 1.82) is 0 Å². The van der Waals surface area contributed by atoms with Crippen molar-refractivity contribution in [3.8, 4) is 22.8 Å². The number of para-hydroxylation sites is 1. The predicted molar refractivity (Wildman–Crippen MR) is 101 cm³/mol. The highest BCUT2D eigenvalue weighted by Gasteiger charge is 2.12. The zero-order chi connectivity index (χ0) is 17.5. The molecule has 5 heteroatoms. The van der Waals surface area contributed by atoms with Gasteiger partial charge in [-0.25, -0.2) is 15.0 Å². The summed E-state index contributed by atoms with van der Waals surface area (Å²) in [5.74, 6) is 1.91. The lowest BCUT2D eigenvalue weighted by Crippen LogP contribution is -1.99. The van der Waals surface area contributed by atoms with E-state index in [1.165, 1.54) is 0 Å². The largest absolute Gasteiger partial charge is 0.456 e. The fraction of sp³-hybridized carbons (Fsp3) is 0.0476. The van der Waals surface area contributed by atoms with Gasteiger partial charge in [-0.15, -0.1) is 0 Å². The van der Waals surface area contributed by atoms with Crippen LogP contribution in [0, 0.1) is 6.92 Å². The molecular formula is C21H14N4O. The Labute approximate surface area is 149 Å². The monoisotopic (exact) mass is 338 g/mol. The fourth-order valence-electron chi connectivity index (χ4n) is 3.10. The molecule has 0 aliphatic carbocycles. The maximum absolute atomic E-state index is 5.98. The third-order valence-electron chi connectivity index (χ3n) is 4.30. The molecule has 0 unspecified atom stereocenters. The van der Waals surface area contributed by atoms with Gasteiger partial charge in [0.1, 0.15) is 17.0 Å². The lowest BCUT2D eigenvalue weighted by Gasteiger charge is -2.05. The summed E-state index contributed by atoms with van der Waals surface area (Å²) in [5, 5.41) is 2.19. The molecule has 5 aromatic rings. The van der Waals surface area contributed by atoms with Crippen LogP contribution in [0.4, 0.5) is 0 Å².